The number of pyridine rings is 1. The molecule has 1 aliphatic heterocycles. The number of nitrogens with zero attached hydrogens (tertiary/aromatic N) is 2. The van der Waals surface area contributed by atoms with Gasteiger partial charge in [-0.15, -0.1) is 0 Å². The van der Waals surface area contributed by atoms with Crippen molar-refractivity contribution in [2.75, 3.05) is 25.2 Å². The highest BCUT2D eigenvalue weighted by Gasteiger charge is 2.21. The molecule has 3 rings (SSSR count). The molecule has 0 saturated heterocycles. The predicted molar refractivity (Wildman–Crippen MR) is 71.4 cm³/mol. The van der Waals surface area contributed by atoms with E-state index < -0.39 is 5.82 Å². The number of aromatic hydroxyl groups is 1. The first-order valence-corrected chi connectivity index (χ1v) is 6.12. The topological polar surface area (TPSA) is 54.8 Å². The molecule has 1 N–H and O–H groups in total. The van der Waals surface area contributed by atoms with Crippen LogP contribution in [0.4, 0.5) is 15.8 Å². The van der Waals surface area contributed by atoms with Crippen molar-refractivity contribution < 1.29 is 19.0 Å². The first-order chi connectivity index (χ1) is 9.69. The van der Waals surface area contributed by atoms with Gasteiger partial charge in [0.25, 0.3) is 0 Å². The number of hydrogen-bond acceptors (Lipinski definition) is 5. The lowest BCUT2D eigenvalue weighted by atomic mass is 10.2. The Morgan fingerprint density at radius 2 is 2.25 bits per heavy atom. The van der Waals surface area contributed by atoms with Crippen molar-refractivity contribution in [1.29, 1.82) is 0 Å². The molecule has 6 heteroatoms. The monoisotopic (exact) mass is 276 g/mol. The van der Waals surface area contributed by atoms with E-state index in [0.717, 1.165) is 0 Å². The fourth-order valence-electron chi connectivity index (χ4n) is 2.19. The SMILES string of the molecule is COc1ncc(N2CCOc3ccc(O)cc32)cc1F. The van der Waals surface area contributed by atoms with Crippen molar-refractivity contribution in [3.63, 3.8) is 0 Å². The highest BCUT2D eigenvalue weighted by atomic mass is 19.1. The second-order valence-electron chi connectivity index (χ2n) is 4.34. The number of halogens is 1. The van der Waals surface area contributed by atoms with E-state index in [9.17, 15) is 9.50 Å². The summed E-state index contributed by atoms with van der Waals surface area (Å²) in [4.78, 5) is 5.77. The Hall–Kier alpha value is -2.50. The Morgan fingerprint density at radius 1 is 1.40 bits per heavy atom. The summed E-state index contributed by atoms with van der Waals surface area (Å²) < 4.78 is 24.1. The maximum absolute atomic E-state index is 13.8. The lowest BCUT2D eigenvalue weighted by Crippen LogP contribution is -2.28. The number of anilines is 2. The molecular formula is C14H13FN2O3. The smallest absolute Gasteiger partial charge is 0.250 e. The van der Waals surface area contributed by atoms with Crippen LogP contribution in [-0.2, 0) is 0 Å². The number of phenolic OH excluding ortho intramolecular Hbond substituents is 1. The van der Waals surface area contributed by atoms with E-state index >= 15 is 0 Å². The summed E-state index contributed by atoms with van der Waals surface area (Å²) in [6.45, 7) is 1.02. The zero-order chi connectivity index (χ0) is 14.1. The average molecular weight is 276 g/mol. The second-order valence-corrected chi connectivity index (χ2v) is 4.34. The van der Waals surface area contributed by atoms with Gasteiger partial charge < -0.3 is 19.5 Å². The lowest BCUT2D eigenvalue weighted by Gasteiger charge is -2.31. The van der Waals surface area contributed by atoms with Crippen LogP contribution in [0.1, 0.15) is 0 Å². The van der Waals surface area contributed by atoms with Gasteiger partial charge in [-0.05, 0) is 12.1 Å². The predicted octanol–water partition coefficient (Wildman–Crippen LogP) is 2.47. The summed E-state index contributed by atoms with van der Waals surface area (Å²) in [5, 5.41) is 9.60. The van der Waals surface area contributed by atoms with Crippen LogP contribution in [0.25, 0.3) is 0 Å². The summed E-state index contributed by atoms with van der Waals surface area (Å²) in [5.74, 6) is 0.197. The van der Waals surface area contributed by atoms with Gasteiger partial charge in [-0.3, -0.25) is 0 Å². The standard InChI is InChI=1S/C14H13FN2O3/c1-19-14-11(15)6-9(8-16-14)17-4-5-20-13-3-2-10(18)7-12(13)17/h2-3,6-8,18H,4-5H2,1H3. The number of benzene rings is 1. The maximum Gasteiger partial charge on any atom is 0.250 e. The summed E-state index contributed by atoms with van der Waals surface area (Å²) in [5.41, 5.74) is 1.26. The van der Waals surface area contributed by atoms with Gasteiger partial charge in [0.2, 0.25) is 5.88 Å². The molecule has 104 valence electrons. The molecule has 0 amide bonds. The van der Waals surface area contributed by atoms with Gasteiger partial charge in [0.15, 0.2) is 5.82 Å². The number of fused-ring (bicyclic) bond motifs is 1. The van der Waals surface area contributed by atoms with E-state index in [1.54, 1.807) is 18.2 Å². The van der Waals surface area contributed by atoms with E-state index in [2.05, 4.69) is 4.98 Å². The first kappa shape index (κ1) is 12.5. The molecule has 2 heterocycles. The fraction of sp³-hybridized carbons (Fsp3) is 0.214. The molecule has 0 atom stereocenters. The number of methoxy groups -OCH3 is 1. The zero-order valence-electron chi connectivity index (χ0n) is 10.8. The Morgan fingerprint density at radius 3 is 3.00 bits per heavy atom. The molecule has 2 aromatic rings. The summed E-state index contributed by atoms with van der Waals surface area (Å²) in [6.07, 6.45) is 1.53. The summed E-state index contributed by atoms with van der Waals surface area (Å²) >= 11 is 0. The van der Waals surface area contributed by atoms with Gasteiger partial charge in [-0.2, -0.15) is 0 Å². The van der Waals surface area contributed by atoms with Crippen LogP contribution in [0.3, 0.4) is 0 Å². The van der Waals surface area contributed by atoms with Crippen LogP contribution >= 0.6 is 0 Å². The molecule has 1 aromatic carbocycles. The van der Waals surface area contributed by atoms with Gasteiger partial charge in [-0.25, -0.2) is 9.37 Å². The molecule has 0 unspecified atom stereocenters. The molecule has 0 fully saturated rings. The molecule has 20 heavy (non-hydrogen) atoms. The normalized spacial score (nSPS) is 13.6. The number of hydrogen-bond donors (Lipinski definition) is 1. The van der Waals surface area contributed by atoms with Crippen molar-refractivity contribution >= 4 is 11.4 Å². The van der Waals surface area contributed by atoms with Crippen LogP contribution in [-0.4, -0.2) is 30.4 Å². The third-order valence-corrected chi connectivity index (χ3v) is 3.10. The summed E-state index contributed by atoms with van der Waals surface area (Å²) in [7, 11) is 1.37. The minimum Gasteiger partial charge on any atom is -0.508 e. The molecule has 0 aliphatic carbocycles. The average Bonchev–Trinajstić information content (AvgIpc) is 2.46. The lowest BCUT2D eigenvalue weighted by molar-refractivity contribution is 0.313. The molecule has 0 spiro atoms. The first-order valence-electron chi connectivity index (χ1n) is 6.12. The van der Waals surface area contributed by atoms with Gasteiger partial charge in [0.05, 0.1) is 31.2 Å². The highest BCUT2D eigenvalue weighted by Crippen LogP contribution is 2.39. The van der Waals surface area contributed by atoms with E-state index in [1.807, 2.05) is 4.90 Å². The number of ether oxygens (including phenoxy) is 2. The largest absolute Gasteiger partial charge is 0.508 e. The number of aromatic nitrogens is 1. The van der Waals surface area contributed by atoms with Crippen molar-refractivity contribution in [2.24, 2.45) is 0 Å². The van der Waals surface area contributed by atoms with Crippen LogP contribution in [0.2, 0.25) is 0 Å². The number of rotatable bonds is 2. The minimum atomic E-state index is -0.529. The Labute approximate surface area is 115 Å². The maximum atomic E-state index is 13.8. The molecule has 1 aromatic heterocycles. The second kappa shape index (κ2) is 4.88. The number of phenols is 1. The third-order valence-electron chi connectivity index (χ3n) is 3.10. The van der Waals surface area contributed by atoms with E-state index in [-0.39, 0.29) is 11.6 Å². The van der Waals surface area contributed by atoms with Crippen LogP contribution in [0.5, 0.6) is 17.4 Å². The molecule has 0 saturated carbocycles. The van der Waals surface area contributed by atoms with E-state index in [1.165, 1.54) is 19.4 Å². The van der Waals surface area contributed by atoms with Crippen molar-refractivity contribution in [2.45, 2.75) is 0 Å². The highest BCUT2D eigenvalue weighted by molar-refractivity contribution is 5.71. The quantitative estimate of drug-likeness (QED) is 0.913. The van der Waals surface area contributed by atoms with Crippen LogP contribution < -0.4 is 14.4 Å². The van der Waals surface area contributed by atoms with E-state index in [0.29, 0.717) is 30.3 Å². The van der Waals surface area contributed by atoms with Crippen molar-refractivity contribution in [1.82, 2.24) is 4.98 Å². The van der Waals surface area contributed by atoms with Crippen molar-refractivity contribution in [3.05, 3.63) is 36.3 Å². The zero-order valence-corrected chi connectivity index (χ0v) is 10.8. The minimum absolute atomic E-state index is 0.0434. The third kappa shape index (κ3) is 2.09. The molecular weight excluding hydrogens is 263 g/mol. The van der Waals surface area contributed by atoms with Gasteiger partial charge in [0.1, 0.15) is 18.1 Å². The molecule has 0 radical (unpaired) electrons. The van der Waals surface area contributed by atoms with Gasteiger partial charge in [0, 0.05) is 12.1 Å². The van der Waals surface area contributed by atoms with Gasteiger partial charge >= 0.3 is 0 Å². The summed E-state index contributed by atoms with van der Waals surface area (Å²) in [6, 6.07) is 6.17. The molecule has 5 nitrogen and oxygen atoms in total. The van der Waals surface area contributed by atoms with E-state index in [4.69, 9.17) is 9.47 Å². The Kier molecular flexibility index (Phi) is 3.06. The van der Waals surface area contributed by atoms with Crippen LogP contribution in [0, 0.1) is 5.82 Å². The Bertz CT molecular complexity index is 648. The molecule has 1 aliphatic rings. The van der Waals surface area contributed by atoms with Gasteiger partial charge in [-0.1, -0.05) is 0 Å². The Balaban J connectivity index is 2.04. The van der Waals surface area contributed by atoms with Crippen LogP contribution in [0.15, 0.2) is 30.5 Å². The fourth-order valence-corrected chi connectivity index (χ4v) is 2.19. The van der Waals surface area contributed by atoms with Crippen molar-refractivity contribution in [3.8, 4) is 17.4 Å². The molecule has 0 bridgehead atoms.